The van der Waals surface area contributed by atoms with Crippen molar-refractivity contribution in [2.45, 2.75) is 19.4 Å². The van der Waals surface area contributed by atoms with Gasteiger partial charge in [0.1, 0.15) is 0 Å². The summed E-state index contributed by atoms with van der Waals surface area (Å²) in [6.07, 6.45) is 1.16. The van der Waals surface area contributed by atoms with Crippen LogP contribution in [0.2, 0.25) is 10.4 Å². The van der Waals surface area contributed by atoms with Gasteiger partial charge >= 0.3 is 5.97 Å². The number of nitrogens with zero attached hydrogens (tertiary/aromatic N) is 2. The van der Waals surface area contributed by atoms with E-state index in [4.69, 9.17) is 32.7 Å². The Hall–Kier alpha value is -1.46. The van der Waals surface area contributed by atoms with E-state index in [0.717, 1.165) is 5.69 Å². The van der Waals surface area contributed by atoms with Gasteiger partial charge < -0.3 is 14.1 Å². The topological polar surface area (TPSA) is 68.3 Å². The third-order valence-corrected chi connectivity index (χ3v) is 3.80. The van der Waals surface area contributed by atoms with Crippen molar-refractivity contribution in [1.82, 2.24) is 9.55 Å². The van der Waals surface area contributed by atoms with Gasteiger partial charge in [-0.3, -0.25) is 4.79 Å². The van der Waals surface area contributed by atoms with Crippen LogP contribution in [-0.4, -0.2) is 20.6 Å². The molecule has 0 fully saturated rings. The van der Waals surface area contributed by atoms with Gasteiger partial charge in [-0.05, 0) is 36.6 Å². The first-order valence-electron chi connectivity index (χ1n) is 5.79. The molecule has 0 saturated carbocycles. The van der Waals surface area contributed by atoms with Crippen LogP contribution in [0.4, 0.5) is 0 Å². The molecule has 7 heteroatoms. The lowest BCUT2D eigenvalue weighted by atomic mass is 9.98. The van der Waals surface area contributed by atoms with Gasteiger partial charge in [0.05, 0.1) is 11.6 Å². The van der Waals surface area contributed by atoms with Crippen LogP contribution in [0.1, 0.15) is 12.1 Å². The number of fused-ring (bicyclic) bond motifs is 1. The maximum Gasteiger partial charge on any atom is 0.308 e. The quantitative estimate of drug-likeness (QED) is 0.925. The van der Waals surface area contributed by atoms with Gasteiger partial charge in [-0.15, -0.1) is 0 Å². The first-order chi connectivity index (χ1) is 9.06. The standard InChI is InChI=1S/C12H10Cl2N2O3/c13-9-4-3-8(19-9)11-15-10(14)7-2-1-6(12(17)18)5-16(7)11/h3-4,6H,1-2,5H2,(H,17,18). The second-order valence-electron chi connectivity index (χ2n) is 4.46. The van der Waals surface area contributed by atoms with E-state index in [1.165, 1.54) is 0 Å². The molecule has 0 radical (unpaired) electrons. The molecule has 5 nitrogen and oxygen atoms in total. The average molecular weight is 301 g/mol. The van der Waals surface area contributed by atoms with Gasteiger partial charge in [0.2, 0.25) is 0 Å². The van der Waals surface area contributed by atoms with Crippen LogP contribution in [0.3, 0.4) is 0 Å². The van der Waals surface area contributed by atoms with Crippen molar-refractivity contribution in [2.24, 2.45) is 5.92 Å². The fraction of sp³-hybridized carbons (Fsp3) is 0.333. The van der Waals surface area contributed by atoms with Crippen molar-refractivity contribution < 1.29 is 14.3 Å². The zero-order chi connectivity index (χ0) is 13.6. The van der Waals surface area contributed by atoms with Crippen LogP contribution in [0, 0.1) is 5.92 Å². The van der Waals surface area contributed by atoms with Crippen molar-refractivity contribution in [3.05, 3.63) is 28.2 Å². The lowest BCUT2D eigenvalue weighted by molar-refractivity contribution is -0.142. The number of aliphatic carboxylic acids is 1. The summed E-state index contributed by atoms with van der Waals surface area (Å²) in [5, 5.41) is 9.78. The van der Waals surface area contributed by atoms with E-state index in [0.29, 0.717) is 36.1 Å². The Balaban J connectivity index is 2.06. The van der Waals surface area contributed by atoms with E-state index in [1.54, 1.807) is 16.7 Å². The van der Waals surface area contributed by atoms with Gasteiger partial charge in [0.25, 0.3) is 0 Å². The minimum Gasteiger partial charge on any atom is -0.481 e. The number of carboxylic acid groups (broad SMARTS) is 1. The molecule has 3 rings (SSSR count). The number of furan rings is 1. The fourth-order valence-corrected chi connectivity index (χ4v) is 2.76. The third-order valence-electron chi connectivity index (χ3n) is 3.30. The molecule has 0 aromatic carbocycles. The highest BCUT2D eigenvalue weighted by Crippen LogP contribution is 2.33. The monoisotopic (exact) mass is 300 g/mol. The van der Waals surface area contributed by atoms with Crippen molar-refractivity contribution >= 4 is 29.2 Å². The summed E-state index contributed by atoms with van der Waals surface area (Å²) in [7, 11) is 0. The van der Waals surface area contributed by atoms with Gasteiger partial charge in [0.15, 0.2) is 22.0 Å². The van der Waals surface area contributed by atoms with E-state index < -0.39 is 11.9 Å². The Morgan fingerprint density at radius 3 is 2.89 bits per heavy atom. The molecule has 1 atom stereocenters. The number of carbonyl (C=O) groups is 1. The largest absolute Gasteiger partial charge is 0.481 e. The molecule has 0 aliphatic carbocycles. The predicted octanol–water partition coefficient (Wildman–Crippen LogP) is 3.10. The highest BCUT2D eigenvalue weighted by molar-refractivity contribution is 6.30. The number of imidazole rings is 1. The maximum atomic E-state index is 11.1. The number of carboxylic acids is 1. The van der Waals surface area contributed by atoms with E-state index in [2.05, 4.69) is 4.98 Å². The number of hydrogen-bond acceptors (Lipinski definition) is 3. The van der Waals surface area contributed by atoms with E-state index in [1.807, 2.05) is 0 Å². The molecule has 0 bridgehead atoms. The van der Waals surface area contributed by atoms with Crippen LogP contribution in [-0.2, 0) is 17.8 Å². The first kappa shape index (κ1) is 12.6. The van der Waals surface area contributed by atoms with Crippen LogP contribution in [0.15, 0.2) is 16.5 Å². The Morgan fingerprint density at radius 2 is 2.26 bits per heavy atom. The third kappa shape index (κ3) is 2.13. The molecule has 1 aliphatic heterocycles. The minimum absolute atomic E-state index is 0.258. The molecule has 3 heterocycles. The smallest absolute Gasteiger partial charge is 0.308 e. The van der Waals surface area contributed by atoms with Crippen molar-refractivity contribution in [3.8, 4) is 11.6 Å². The summed E-state index contributed by atoms with van der Waals surface area (Å²) >= 11 is 11.8. The van der Waals surface area contributed by atoms with Gasteiger partial charge in [-0.25, -0.2) is 4.98 Å². The number of rotatable bonds is 2. The first-order valence-corrected chi connectivity index (χ1v) is 6.55. The Morgan fingerprint density at radius 1 is 1.47 bits per heavy atom. The van der Waals surface area contributed by atoms with Gasteiger partial charge in [-0.2, -0.15) is 0 Å². The van der Waals surface area contributed by atoms with Crippen LogP contribution in [0.5, 0.6) is 0 Å². The second kappa shape index (κ2) is 4.58. The Labute approximate surface area is 118 Å². The Bertz CT molecular complexity index is 647. The molecule has 1 unspecified atom stereocenters. The molecule has 1 aliphatic rings. The predicted molar refractivity (Wildman–Crippen MR) is 69.4 cm³/mol. The normalized spacial score (nSPS) is 18.3. The Kier molecular flexibility index (Phi) is 3.03. The van der Waals surface area contributed by atoms with Crippen molar-refractivity contribution in [3.63, 3.8) is 0 Å². The molecule has 19 heavy (non-hydrogen) atoms. The summed E-state index contributed by atoms with van der Waals surface area (Å²) in [5.41, 5.74) is 0.849. The molecular weight excluding hydrogens is 291 g/mol. The zero-order valence-corrected chi connectivity index (χ0v) is 11.3. The van der Waals surface area contributed by atoms with Crippen molar-refractivity contribution in [2.75, 3.05) is 0 Å². The molecule has 1 N–H and O–H groups in total. The molecule has 0 amide bonds. The van der Waals surface area contributed by atoms with Crippen LogP contribution in [0.25, 0.3) is 11.6 Å². The number of hydrogen-bond donors (Lipinski definition) is 1. The summed E-state index contributed by atoms with van der Waals surface area (Å²) in [6.45, 7) is 0.345. The van der Waals surface area contributed by atoms with E-state index in [-0.39, 0.29) is 5.22 Å². The van der Waals surface area contributed by atoms with Crippen molar-refractivity contribution in [1.29, 1.82) is 0 Å². The molecule has 2 aromatic heterocycles. The fourth-order valence-electron chi connectivity index (χ4n) is 2.34. The van der Waals surface area contributed by atoms with E-state index >= 15 is 0 Å². The molecular formula is C12H10Cl2N2O3. The van der Waals surface area contributed by atoms with Gasteiger partial charge in [0, 0.05) is 6.54 Å². The number of halogens is 2. The summed E-state index contributed by atoms with van der Waals surface area (Å²) in [6, 6.07) is 3.31. The molecule has 0 spiro atoms. The number of aromatic nitrogens is 2. The van der Waals surface area contributed by atoms with E-state index in [9.17, 15) is 4.79 Å². The molecule has 0 saturated heterocycles. The zero-order valence-electron chi connectivity index (χ0n) is 9.77. The van der Waals surface area contributed by atoms with Crippen LogP contribution >= 0.6 is 23.2 Å². The minimum atomic E-state index is -0.807. The summed E-state index contributed by atoms with van der Waals surface area (Å²) < 4.78 is 7.13. The lowest BCUT2D eigenvalue weighted by Crippen LogP contribution is -2.26. The van der Waals surface area contributed by atoms with Crippen LogP contribution < -0.4 is 0 Å². The highest BCUT2D eigenvalue weighted by atomic mass is 35.5. The average Bonchev–Trinajstić information content (AvgIpc) is 2.93. The summed E-state index contributed by atoms with van der Waals surface area (Å²) in [4.78, 5) is 15.4. The highest BCUT2D eigenvalue weighted by Gasteiger charge is 2.29. The SMILES string of the molecule is O=C(O)C1CCc2c(Cl)nc(-c3ccc(Cl)o3)n2C1. The molecule has 2 aromatic rings. The molecule has 100 valence electrons. The maximum absolute atomic E-state index is 11.1. The lowest BCUT2D eigenvalue weighted by Gasteiger charge is -2.22. The summed E-state index contributed by atoms with van der Waals surface area (Å²) in [5.74, 6) is -0.220. The van der Waals surface area contributed by atoms with Gasteiger partial charge in [-0.1, -0.05) is 11.6 Å². The second-order valence-corrected chi connectivity index (χ2v) is 5.19.